The zero-order chi connectivity index (χ0) is 13.8. The van der Waals surface area contributed by atoms with E-state index in [1.807, 2.05) is 12.1 Å². The maximum absolute atomic E-state index is 9.72. The first-order valence-electron chi connectivity index (χ1n) is 7.73. The molecule has 0 spiro atoms. The van der Waals surface area contributed by atoms with E-state index in [1.54, 1.807) is 0 Å². The van der Waals surface area contributed by atoms with Crippen molar-refractivity contribution in [1.82, 2.24) is 4.90 Å². The van der Waals surface area contributed by atoms with Crippen LogP contribution in [-0.4, -0.2) is 29.1 Å². The Hall–Kier alpha value is -1.02. The predicted octanol–water partition coefficient (Wildman–Crippen LogP) is 3.93. The van der Waals surface area contributed by atoms with Crippen LogP contribution in [0, 0.1) is 0 Å². The number of rotatable bonds is 5. The molecule has 2 heteroatoms. The Kier molecular flexibility index (Phi) is 4.87. The summed E-state index contributed by atoms with van der Waals surface area (Å²) < 4.78 is 0. The first-order valence-corrected chi connectivity index (χ1v) is 7.73. The van der Waals surface area contributed by atoms with Gasteiger partial charge in [-0.15, -0.1) is 0 Å². The average molecular weight is 261 g/mol. The van der Waals surface area contributed by atoms with Crippen molar-refractivity contribution >= 4 is 0 Å². The molecular weight excluding hydrogens is 234 g/mol. The van der Waals surface area contributed by atoms with E-state index >= 15 is 0 Å². The molecule has 106 valence electrons. The Morgan fingerprint density at radius 3 is 2.53 bits per heavy atom. The van der Waals surface area contributed by atoms with Gasteiger partial charge in [-0.1, -0.05) is 26.8 Å². The summed E-state index contributed by atoms with van der Waals surface area (Å²) in [6.45, 7) is 9.22. The zero-order valence-corrected chi connectivity index (χ0v) is 12.5. The summed E-state index contributed by atoms with van der Waals surface area (Å²) in [7, 11) is 0. The number of nitrogens with zero attached hydrogens (tertiary/aromatic N) is 1. The zero-order valence-electron chi connectivity index (χ0n) is 12.5. The smallest absolute Gasteiger partial charge is 0.115 e. The highest BCUT2D eigenvalue weighted by atomic mass is 16.3. The second-order valence-electron chi connectivity index (χ2n) is 5.81. The molecule has 2 unspecified atom stereocenters. The van der Waals surface area contributed by atoms with Crippen molar-refractivity contribution in [1.29, 1.82) is 0 Å². The van der Waals surface area contributed by atoms with E-state index in [9.17, 15) is 5.11 Å². The van der Waals surface area contributed by atoms with Gasteiger partial charge in [-0.3, -0.25) is 4.90 Å². The minimum absolute atomic E-state index is 0.406. The molecule has 19 heavy (non-hydrogen) atoms. The van der Waals surface area contributed by atoms with Gasteiger partial charge in [-0.05, 0) is 68.0 Å². The molecule has 1 aliphatic carbocycles. The molecular formula is C17H27NO. The second-order valence-corrected chi connectivity index (χ2v) is 5.81. The van der Waals surface area contributed by atoms with Gasteiger partial charge in [0, 0.05) is 6.04 Å². The van der Waals surface area contributed by atoms with Gasteiger partial charge in [0.15, 0.2) is 0 Å². The predicted molar refractivity (Wildman–Crippen MR) is 80.8 cm³/mol. The Labute approximate surface area is 117 Å². The normalized spacial score (nSPS) is 22.5. The lowest BCUT2D eigenvalue weighted by Gasteiger charge is -2.39. The Morgan fingerprint density at radius 2 is 1.89 bits per heavy atom. The number of aromatic hydroxyl groups is 1. The number of hydrogen-bond acceptors (Lipinski definition) is 2. The first-order chi connectivity index (χ1) is 9.17. The fraction of sp³-hybridized carbons (Fsp3) is 0.647. The number of aryl methyl sites for hydroxylation is 1. The van der Waals surface area contributed by atoms with Crippen LogP contribution in [0.4, 0.5) is 0 Å². The van der Waals surface area contributed by atoms with Crippen LogP contribution >= 0.6 is 0 Å². The van der Waals surface area contributed by atoms with Crippen molar-refractivity contribution in [3.63, 3.8) is 0 Å². The maximum Gasteiger partial charge on any atom is 0.115 e. The number of phenolic OH excluding ortho intramolecular Hbond substituents is 1. The molecule has 0 aromatic heterocycles. The number of hydrogen-bond donors (Lipinski definition) is 1. The van der Waals surface area contributed by atoms with Gasteiger partial charge >= 0.3 is 0 Å². The molecule has 1 aromatic carbocycles. The standard InChI is InChI=1S/C17H27NO/c1-4-10-18(11-5-2)17-9-7-14-6-8-15(19)12-16(14)13(17)3/h6,8,12-13,17,19H,4-5,7,9-11H2,1-3H3. The van der Waals surface area contributed by atoms with Crippen LogP contribution in [0.5, 0.6) is 5.75 Å². The van der Waals surface area contributed by atoms with Crippen LogP contribution in [0.25, 0.3) is 0 Å². The van der Waals surface area contributed by atoms with Gasteiger partial charge in [-0.2, -0.15) is 0 Å². The lowest BCUT2D eigenvalue weighted by atomic mass is 9.79. The molecule has 1 N–H and O–H groups in total. The first kappa shape index (κ1) is 14.4. The second kappa shape index (κ2) is 6.42. The number of fused-ring (bicyclic) bond motifs is 1. The van der Waals surface area contributed by atoms with Gasteiger partial charge in [0.1, 0.15) is 5.75 Å². The Bertz CT molecular complexity index is 410. The van der Waals surface area contributed by atoms with Crippen LogP contribution < -0.4 is 0 Å². The van der Waals surface area contributed by atoms with Crippen LogP contribution in [0.1, 0.15) is 57.1 Å². The van der Waals surface area contributed by atoms with Gasteiger partial charge in [-0.25, -0.2) is 0 Å². The third kappa shape index (κ3) is 3.11. The molecule has 2 rings (SSSR count). The largest absolute Gasteiger partial charge is 0.508 e. The molecule has 0 saturated carbocycles. The maximum atomic E-state index is 9.72. The topological polar surface area (TPSA) is 23.5 Å². The fourth-order valence-corrected chi connectivity index (χ4v) is 3.51. The van der Waals surface area contributed by atoms with E-state index in [0.29, 0.717) is 17.7 Å². The van der Waals surface area contributed by atoms with Gasteiger partial charge in [0.2, 0.25) is 0 Å². The molecule has 2 nitrogen and oxygen atoms in total. The van der Waals surface area contributed by atoms with Gasteiger partial charge in [0.05, 0.1) is 0 Å². The summed E-state index contributed by atoms with van der Waals surface area (Å²) in [5.41, 5.74) is 2.78. The van der Waals surface area contributed by atoms with Gasteiger partial charge in [0.25, 0.3) is 0 Å². The molecule has 0 fully saturated rings. The van der Waals surface area contributed by atoms with E-state index in [1.165, 1.54) is 43.5 Å². The highest BCUT2D eigenvalue weighted by molar-refractivity contribution is 5.39. The van der Waals surface area contributed by atoms with Crippen molar-refractivity contribution < 1.29 is 5.11 Å². The molecule has 0 aliphatic heterocycles. The fourth-order valence-electron chi connectivity index (χ4n) is 3.51. The molecule has 0 radical (unpaired) electrons. The number of benzene rings is 1. The Balaban J connectivity index is 2.21. The molecule has 0 saturated heterocycles. The van der Waals surface area contributed by atoms with Crippen molar-refractivity contribution in [2.24, 2.45) is 0 Å². The quantitative estimate of drug-likeness (QED) is 0.868. The minimum atomic E-state index is 0.406. The lowest BCUT2D eigenvalue weighted by molar-refractivity contribution is 0.159. The SMILES string of the molecule is CCCN(CCC)C1CCc2ccc(O)cc2C1C. The molecule has 1 aromatic rings. The molecule has 1 aliphatic rings. The van der Waals surface area contributed by atoms with Gasteiger partial charge < -0.3 is 5.11 Å². The Morgan fingerprint density at radius 1 is 1.21 bits per heavy atom. The highest BCUT2D eigenvalue weighted by Gasteiger charge is 2.30. The summed E-state index contributed by atoms with van der Waals surface area (Å²) in [5, 5.41) is 9.72. The summed E-state index contributed by atoms with van der Waals surface area (Å²) in [5.74, 6) is 0.928. The van der Waals surface area contributed by atoms with Crippen molar-refractivity contribution in [2.75, 3.05) is 13.1 Å². The van der Waals surface area contributed by atoms with E-state index in [4.69, 9.17) is 0 Å². The van der Waals surface area contributed by atoms with E-state index in [-0.39, 0.29) is 0 Å². The minimum Gasteiger partial charge on any atom is -0.508 e. The average Bonchev–Trinajstić information content (AvgIpc) is 2.40. The summed E-state index contributed by atoms with van der Waals surface area (Å²) in [6, 6.07) is 6.53. The molecule has 2 atom stereocenters. The monoisotopic (exact) mass is 261 g/mol. The van der Waals surface area contributed by atoms with Crippen molar-refractivity contribution in [3.8, 4) is 5.75 Å². The van der Waals surface area contributed by atoms with E-state index in [2.05, 4.69) is 31.7 Å². The van der Waals surface area contributed by atoms with E-state index < -0.39 is 0 Å². The third-order valence-corrected chi connectivity index (χ3v) is 4.40. The molecule has 0 heterocycles. The number of phenols is 1. The van der Waals surface area contributed by atoms with Crippen molar-refractivity contribution in [3.05, 3.63) is 29.3 Å². The summed E-state index contributed by atoms with van der Waals surface area (Å²) in [4.78, 5) is 2.65. The summed E-state index contributed by atoms with van der Waals surface area (Å²) >= 11 is 0. The molecule has 0 amide bonds. The van der Waals surface area contributed by atoms with Crippen LogP contribution in [-0.2, 0) is 6.42 Å². The summed E-state index contributed by atoms with van der Waals surface area (Å²) in [6.07, 6.45) is 4.83. The molecule has 0 bridgehead atoms. The van der Waals surface area contributed by atoms with Crippen LogP contribution in [0.3, 0.4) is 0 Å². The van der Waals surface area contributed by atoms with Crippen LogP contribution in [0.15, 0.2) is 18.2 Å². The lowest BCUT2D eigenvalue weighted by Crippen LogP contribution is -2.42. The van der Waals surface area contributed by atoms with Crippen molar-refractivity contribution in [2.45, 2.75) is 58.4 Å². The van der Waals surface area contributed by atoms with E-state index in [0.717, 1.165) is 6.42 Å². The van der Waals surface area contributed by atoms with Crippen LogP contribution in [0.2, 0.25) is 0 Å². The third-order valence-electron chi connectivity index (χ3n) is 4.40. The highest BCUT2D eigenvalue weighted by Crippen LogP contribution is 2.36.